The van der Waals surface area contributed by atoms with Gasteiger partial charge in [-0.3, -0.25) is 19.3 Å². The highest BCUT2D eigenvalue weighted by Gasteiger charge is 2.42. The van der Waals surface area contributed by atoms with E-state index in [1.807, 2.05) is 35.2 Å². The van der Waals surface area contributed by atoms with Crippen LogP contribution in [-0.4, -0.2) is 66.5 Å². The van der Waals surface area contributed by atoms with E-state index in [4.69, 9.17) is 9.47 Å². The number of ether oxygens (including phenoxy) is 2. The van der Waals surface area contributed by atoms with Crippen molar-refractivity contribution in [1.82, 2.24) is 9.80 Å². The quantitative estimate of drug-likeness (QED) is 0.482. The molecule has 2 fully saturated rings. The number of fused-ring (bicyclic) bond motifs is 2. The van der Waals surface area contributed by atoms with Gasteiger partial charge in [-0.25, -0.2) is 0 Å². The number of hydrogen-bond donors (Lipinski definition) is 0. The van der Waals surface area contributed by atoms with Crippen molar-refractivity contribution in [1.29, 1.82) is 0 Å². The smallest absolute Gasteiger partial charge is 0.263 e. The Labute approximate surface area is 210 Å². The molecule has 2 aromatic carbocycles. The van der Waals surface area contributed by atoms with Crippen LogP contribution in [0.1, 0.15) is 64.8 Å². The molecule has 0 bridgehead atoms. The molecule has 3 amide bonds. The number of anilines is 1. The summed E-state index contributed by atoms with van der Waals surface area (Å²) in [6, 6.07) is 11.2. The summed E-state index contributed by atoms with van der Waals surface area (Å²) in [5.74, 6) is 1.15. The minimum atomic E-state index is -0.154. The van der Waals surface area contributed by atoms with Gasteiger partial charge in [0.25, 0.3) is 11.8 Å². The molecule has 4 aliphatic rings. The molecule has 0 atom stereocenters. The van der Waals surface area contributed by atoms with Crippen molar-refractivity contribution in [3.63, 3.8) is 0 Å². The SMILES string of the molecule is O=C(Cc1ccc2c(c1)OCO2)N1CCN(c2cccc3c2C(=O)N(C2CCCCCC2)C3=O)CC1. The summed E-state index contributed by atoms with van der Waals surface area (Å²) >= 11 is 0. The second-order valence-corrected chi connectivity index (χ2v) is 10.1. The third-order valence-electron chi connectivity index (χ3n) is 7.88. The maximum Gasteiger partial charge on any atom is 0.263 e. The molecule has 0 N–H and O–H groups in total. The summed E-state index contributed by atoms with van der Waals surface area (Å²) in [7, 11) is 0. The van der Waals surface area contributed by atoms with E-state index in [2.05, 4.69) is 4.90 Å². The number of hydrogen-bond acceptors (Lipinski definition) is 6. The van der Waals surface area contributed by atoms with Crippen molar-refractivity contribution in [2.75, 3.05) is 37.9 Å². The zero-order valence-corrected chi connectivity index (χ0v) is 20.4. The fourth-order valence-electron chi connectivity index (χ4n) is 5.93. The van der Waals surface area contributed by atoms with Crippen LogP contribution in [0.25, 0.3) is 0 Å². The Morgan fingerprint density at radius 3 is 2.39 bits per heavy atom. The maximum atomic E-state index is 13.5. The van der Waals surface area contributed by atoms with E-state index in [9.17, 15) is 14.4 Å². The van der Waals surface area contributed by atoms with Crippen molar-refractivity contribution in [3.8, 4) is 11.5 Å². The molecule has 6 rings (SSSR count). The fourth-order valence-corrected chi connectivity index (χ4v) is 5.93. The predicted molar refractivity (Wildman–Crippen MR) is 133 cm³/mol. The maximum absolute atomic E-state index is 13.5. The molecule has 0 unspecified atom stereocenters. The van der Waals surface area contributed by atoms with Gasteiger partial charge in [0.15, 0.2) is 11.5 Å². The van der Waals surface area contributed by atoms with Gasteiger partial charge in [0.2, 0.25) is 12.7 Å². The Morgan fingerprint density at radius 2 is 1.61 bits per heavy atom. The number of piperazine rings is 1. The molecule has 36 heavy (non-hydrogen) atoms. The number of carbonyl (C=O) groups excluding carboxylic acids is 3. The normalized spacial score (nSPS) is 20.1. The van der Waals surface area contributed by atoms with Crippen LogP contribution < -0.4 is 14.4 Å². The van der Waals surface area contributed by atoms with Gasteiger partial charge < -0.3 is 19.3 Å². The van der Waals surface area contributed by atoms with Crippen LogP contribution in [0, 0.1) is 0 Å². The van der Waals surface area contributed by atoms with E-state index in [1.54, 1.807) is 6.07 Å². The number of carbonyl (C=O) groups is 3. The molecule has 0 radical (unpaired) electrons. The zero-order chi connectivity index (χ0) is 24.6. The molecule has 8 heteroatoms. The number of benzene rings is 2. The van der Waals surface area contributed by atoms with Gasteiger partial charge in [0, 0.05) is 32.2 Å². The number of amides is 3. The van der Waals surface area contributed by atoms with Gasteiger partial charge in [0.1, 0.15) is 0 Å². The van der Waals surface area contributed by atoms with E-state index in [-0.39, 0.29) is 30.6 Å². The van der Waals surface area contributed by atoms with Crippen molar-refractivity contribution in [3.05, 3.63) is 53.1 Å². The molecule has 0 spiro atoms. The average molecular weight is 490 g/mol. The first kappa shape index (κ1) is 22.9. The monoisotopic (exact) mass is 489 g/mol. The van der Waals surface area contributed by atoms with Gasteiger partial charge in [0.05, 0.1) is 23.2 Å². The minimum absolute atomic E-state index is 0.00148. The summed E-state index contributed by atoms with van der Waals surface area (Å²) < 4.78 is 10.8. The number of imide groups is 1. The molecule has 188 valence electrons. The van der Waals surface area contributed by atoms with E-state index in [0.717, 1.165) is 36.9 Å². The molecule has 3 heterocycles. The van der Waals surface area contributed by atoms with Crippen LogP contribution >= 0.6 is 0 Å². The lowest BCUT2D eigenvalue weighted by atomic mass is 10.1. The Hall–Kier alpha value is -3.55. The third-order valence-corrected chi connectivity index (χ3v) is 7.88. The van der Waals surface area contributed by atoms with Crippen molar-refractivity contribution in [2.45, 2.75) is 51.0 Å². The average Bonchev–Trinajstić information content (AvgIpc) is 3.35. The van der Waals surface area contributed by atoms with Crippen LogP contribution in [-0.2, 0) is 11.2 Å². The Balaban J connectivity index is 1.13. The van der Waals surface area contributed by atoms with Crippen LogP contribution in [0.4, 0.5) is 5.69 Å². The van der Waals surface area contributed by atoms with Gasteiger partial charge in [-0.1, -0.05) is 37.8 Å². The lowest BCUT2D eigenvalue weighted by Crippen LogP contribution is -2.49. The summed E-state index contributed by atoms with van der Waals surface area (Å²) in [6.45, 7) is 2.59. The van der Waals surface area contributed by atoms with E-state index in [0.29, 0.717) is 55.2 Å². The molecule has 1 aliphatic carbocycles. The van der Waals surface area contributed by atoms with Gasteiger partial charge in [-0.05, 0) is 42.7 Å². The highest BCUT2D eigenvalue weighted by atomic mass is 16.7. The van der Waals surface area contributed by atoms with Crippen molar-refractivity contribution in [2.24, 2.45) is 0 Å². The van der Waals surface area contributed by atoms with Crippen LogP contribution in [0.5, 0.6) is 11.5 Å². The van der Waals surface area contributed by atoms with Crippen LogP contribution in [0.3, 0.4) is 0 Å². The molecular formula is C28H31N3O5. The summed E-state index contributed by atoms with van der Waals surface area (Å²) in [4.78, 5) is 45.3. The van der Waals surface area contributed by atoms with Gasteiger partial charge >= 0.3 is 0 Å². The zero-order valence-electron chi connectivity index (χ0n) is 20.4. The fraction of sp³-hybridized carbons (Fsp3) is 0.464. The topological polar surface area (TPSA) is 79.4 Å². The molecule has 3 aliphatic heterocycles. The second kappa shape index (κ2) is 9.48. The first-order valence-corrected chi connectivity index (χ1v) is 13.0. The third kappa shape index (κ3) is 4.08. The molecule has 1 saturated carbocycles. The highest BCUT2D eigenvalue weighted by Crippen LogP contribution is 2.36. The lowest BCUT2D eigenvalue weighted by Gasteiger charge is -2.37. The molecule has 0 aromatic heterocycles. The van der Waals surface area contributed by atoms with Gasteiger partial charge in [-0.2, -0.15) is 0 Å². The Bertz CT molecular complexity index is 1200. The van der Waals surface area contributed by atoms with Crippen LogP contribution in [0.15, 0.2) is 36.4 Å². The molecular weight excluding hydrogens is 458 g/mol. The van der Waals surface area contributed by atoms with E-state index in [1.165, 1.54) is 17.7 Å². The minimum Gasteiger partial charge on any atom is -0.454 e. The largest absolute Gasteiger partial charge is 0.454 e. The van der Waals surface area contributed by atoms with Gasteiger partial charge in [-0.15, -0.1) is 0 Å². The lowest BCUT2D eigenvalue weighted by molar-refractivity contribution is -0.130. The van der Waals surface area contributed by atoms with Crippen molar-refractivity contribution >= 4 is 23.4 Å². The van der Waals surface area contributed by atoms with Crippen molar-refractivity contribution < 1.29 is 23.9 Å². The first-order chi connectivity index (χ1) is 17.6. The molecule has 8 nitrogen and oxygen atoms in total. The predicted octanol–water partition coefficient (Wildman–Crippen LogP) is 3.63. The Kier molecular flexibility index (Phi) is 6.03. The van der Waals surface area contributed by atoms with Crippen LogP contribution in [0.2, 0.25) is 0 Å². The second-order valence-electron chi connectivity index (χ2n) is 10.1. The summed E-state index contributed by atoms with van der Waals surface area (Å²) in [5.41, 5.74) is 2.76. The number of nitrogens with zero attached hydrogens (tertiary/aromatic N) is 3. The highest BCUT2D eigenvalue weighted by molar-refractivity contribution is 6.24. The van der Waals surface area contributed by atoms with E-state index < -0.39 is 0 Å². The standard InChI is InChI=1S/C28H31N3O5/c32-25(17-19-10-11-23-24(16-19)36-18-35-23)30-14-12-29(13-15-30)22-9-5-8-21-26(22)28(34)31(27(21)33)20-6-3-1-2-4-7-20/h5,8-11,16,20H,1-4,6-7,12-15,17-18H2. The van der Waals surface area contributed by atoms with E-state index >= 15 is 0 Å². The Morgan fingerprint density at radius 1 is 0.861 bits per heavy atom. The first-order valence-electron chi connectivity index (χ1n) is 13.0. The molecule has 1 saturated heterocycles. The summed E-state index contributed by atoms with van der Waals surface area (Å²) in [5, 5.41) is 0. The number of rotatable bonds is 4. The molecule has 2 aromatic rings. The summed E-state index contributed by atoms with van der Waals surface area (Å²) in [6.07, 6.45) is 6.56.